The summed E-state index contributed by atoms with van der Waals surface area (Å²) < 4.78 is 2.23. The Labute approximate surface area is 238 Å². The van der Waals surface area contributed by atoms with E-state index in [-0.39, 0.29) is 5.41 Å². The largest absolute Gasteiger partial charge is 0.309 e. The first-order chi connectivity index (χ1) is 20.1. The minimum absolute atomic E-state index is 0.0856. The Bertz CT molecular complexity index is 2080. The van der Waals surface area contributed by atoms with Crippen molar-refractivity contribution < 1.29 is 0 Å². The molecule has 7 aromatic rings. The molecule has 0 unspecified atom stereocenters. The Morgan fingerprint density at radius 2 is 1.32 bits per heavy atom. The van der Waals surface area contributed by atoms with Crippen LogP contribution in [0, 0.1) is 0 Å². The quantitative estimate of drug-likeness (QED) is 0.229. The Morgan fingerprint density at radius 1 is 0.585 bits per heavy atom. The zero-order chi connectivity index (χ0) is 27.6. The van der Waals surface area contributed by atoms with Gasteiger partial charge in [0.15, 0.2) is 0 Å². The van der Waals surface area contributed by atoms with Crippen molar-refractivity contribution in [2.45, 2.75) is 19.3 Å². The first-order valence-corrected chi connectivity index (χ1v) is 13.8. The van der Waals surface area contributed by atoms with Crippen molar-refractivity contribution in [3.05, 3.63) is 139 Å². The topological polar surface area (TPSA) is 46.8 Å². The molecule has 1 aliphatic rings. The number of benzene rings is 4. The molecule has 5 nitrogen and oxygen atoms in total. The third kappa shape index (κ3) is 3.52. The third-order valence-electron chi connectivity index (χ3n) is 8.45. The molecular formula is C36H27N5. The van der Waals surface area contributed by atoms with Crippen LogP contribution in [-0.2, 0) is 5.41 Å². The predicted octanol–water partition coefficient (Wildman–Crippen LogP) is 8.74. The molecule has 0 radical (unpaired) electrons. The lowest BCUT2D eigenvalue weighted by Gasteiger charge is -2.28. The molecule has 0 bridgehead atoms. The van der Waals surface area contributed by atoms with E-state index in [1.54, 1.807) is 6.33 Å². The van der Waals surface area contributed by atoms with E-state index in [1.165, 1.54) is 33.0 Å². The first-order valence-electron chi connectivity index (χ1n) is 13.8. The van der Waals surface area contributed by atoms with E-state index in [4.69, 9.17) is 0 Å². The van der Waals surface area contributed by atoms with E-state index in [1.807, 2.05) is 30.9 Å². The standard InChI is InChI=1S/C36H27N5/c1-36(2)32-11-5-3-9-28(32)29-15-13-25(19-33(29)36)40(26-8-7-17-37-20-26)24-14-16-35-31(18-24)30-10-4-6-12-34(30)41(35)27-21-38-23-39-22-27/h3-23H,1-2H3. The molecule has 196 valence electrons. The molecule has 0 N–H and O–H groups in total. The van der Waals surface area contributed by atoms with E-state index in [9.17, 15) is 0 Å². The van der Waals surface area contributed by atoms with Crippen molar-refractivity contribution in [1.82, 2.24) is 19.5 Å². The van der Waals surface area contributed by atoms with E-state index in [0.717, 1.165) is 33.8 Å². The minimum atomic E-state index is -0.0856. The smallest absolute Gasteiger partial charge is 0.115 e. The van der Waals surface area contributed by atoms with Crippen molar-refractivity contribution in [1.29, 1.82) is 0 Å². The van der Waals surface area contributed by atoms with Crippen molar-refractivity contribution >= 4 is 38.9 Å². The van der Waals surface area contributed by atoms with Crippen LogP contribution < -0.4 is 4.90 Å². The summed E-state index contributed by atoms with van der Waals surface area (Å²) in [6, 6.07) is 35.0. The zero-order valence-electron chi connectivity index (χ0n) is 22.9. The van der Waals surface area contributed by atoms with Crippen LogP contribution >= 0.6 is 0 Å². The average Bonchev–Trinajstić information content (AvgIpc) is 3.47. The Kier molecular flexibility index (Phi) is 5.10. The number of aromatic nitrogens is 4. The van der Waals surface area contributed by atoms with Gasteiger partial charge in [0.05, 0.1) is 41.0 Å². The number of anilines is 3. The summed E-state index contributed by atoms with van der Waals surface area (Å²) in [5.41, 5.74) is 11.6. The van der Waals surface area contributed by atoms with Crippen molar-refractivity contribution in [3.8, 4) is 16.8 Å². The number of hydrogen-bond acceptors (Lipinski definition) is 4. The molecule has 8 rings (SSSR count). The van der Waals surface area contributed by atoms with Gasteiger partial charge in [0.1, 0.15) is 6.33 Å². The molecule has 3 heterocycles. The summed E-state index contributed by atoms with van der Waals surface area (Å²) >= 11 is 0. The minimum Gasteiger partial charge on any atom is -0.309 e. The fourth-order valence-electron chi connectivity index (χ4n) is 6.55. The van der Waals surface area contributed by atoms with Crippen LogP contribution in [-0.4, -0.2) is 19.5 Å². The molecule has 5 heteroatoms. The van der Waals surface area contributed by atoms with Gasteiger partial charge >= 0.3 is 0 Å². The summed E-state index contributed by atoms with van der Waals surface area (Å²) in [4.78, 5) is 15.4. The van der Waals surface area contributed by atoms with Crippen molar-refractivity contribution in [3.63, 3.8) is 0 Å². The first kappa shape index (κ1) is 23.6. The van der Waals surface area contributed by atoms with Crippen LogP contribution in [0.4, 0.5) is 17.1 Å². The molecule has 0 saturated heterocycles. The van der Waals surface area contributed by atoms with Crippen LogP contribution in [0.15, 0.2) is 128 Å². The van der Waals surface area contributed by atoms with Gasteiger partial charge < -0.3 is 9.47 Å². The summed E-state index contributed by atoms with van der Waals surface area (Å²) in [6.07, 6.45) is 9.04. The summed E-state index contributed by atoms with van der Waals surface area (Å²) in [6.45, 7) is 4.65. The van der Waals surface area contributed by atoms with Gasteiger partial charge in [0.25, 0.3) is 0 Å². The van der Waals surface area contributed by atoms with Gasteiger partial charge in [-0.05, 0) is 70.8 Å². The van der Waals surface area contributed by atoms with Gasteiger partial charge in [-0.1, -0.05) is 62.4 Å². The number of para-hydroxylation sites is 1. The second-order valence-corrected chi connectivity index (χ2v) is 11.1. The maximum absolute atomic E-state index is 4.49. The van der Waals surface area contributed by atoms with E-state index in [0.29, 0.717) is 0 Å². The zero-order valence-corrected chi connectivity index (χ0v) is 22.9. The second-order valence-electron chi connectivity index (χ2n) is 11.1. The SMILES string of the molecule is CC1(C)c2ccccc2-c2ccc(N(c3cccnc3)c3ccc4c(c3)c3ccccc3n4-c3cncnc3)cc21. The van der Waals surface area contributed by atoms with Crippen LogP contribution in [0.1, 0.15) is 25.0 Å². The van der Waals surface area contributed by atoms with Crippen LogP contribution in [0.3, 0.4) is 0 Å². The van der Waals surface area contributed by atoms with Crippen molar-refractivity contribution in [2.24, 2.45) is 0 Å². The number of fused-ring (bicyclic) bond motifs is 6. The lowest BCUT2D eigenvalue weighted by Crippen LogP contribution is -2.16. The van der Waals surface area contributed by atoms with Crippen molar-refractivity contribution in [2.75, 3.05) is 4.90 Å². The second kappa shape index (κ2) is 8.86. The van der Waals surface area contributed by atoms with Gasteiger partial charge in [-0.2, -0.15) is 0 Å². The molecule has 3 aromatic heterocycles. The summed E-state index contributed by atoms with van der Waals surface area (Å²) in [5.74, 6) is 0. The average molecular weight is 530 g/mol. The number of nitrogens with zero attached hydrogens (tertiary/aromatic N) is 5. The molecule has 0 saturated carbocycles. The monoisotopic (exact) mass is 529 g/mol. The van der Waals surface area contributed by atoms with Crippen LogP contribution in [0.2, 0.25) is 0 Å². The van der Waals surface area contributed by atoms with Crippen LogP contribution in [0.5, 0.6) is 0 Å². The molecular weight excluding hydrogens is 502 g/mol. The van der Waals surface area contributed by atoms with E-state index < -0.39 is 0 Å². The number of pyridine rings is 1. The molecule has 0 atom stereocenters. The van der Waals surface area contributed by atoms with Gasteiger partial charge in [-0.15, -0.1) is 0 Å². The molecule has 1 aliphatic carbocycles. The maximum Gasteiger partial charge on any atom is 0.115 e. The number of rotatable bonds is 4. The molecule has 0 amide bonds. The molecule has 41 heavy (non-hydrogen) atoms. The fraction of sp³-hybridized carbons (Fsp3) is 0.0833. The fourth-order valence-corrected chi connectivity index (χ4v) is 6.55. The van der Waals surface area contributed by atoms with Gasteiger partial charge in [0.2, 0.25) is 0 Å². The Hall–Kier alpha value is -5.29. The summed E-state index contributed by atoms with van der Waals surface area (Å²) in [5, 5.41) is 2.36. The van der Waals surface area contributed by atoms with Crippen LogP contribution in [0.25, 0.3) is 38.6 Å². The Balaban J connectivity index is 1.35. The Morgan fingerprint density at radius 3 is 2.17 bits per heavy atom. The van der Waals surface area contributed by atoms with E-state index in [2.05, 4.69) is 129 Å². The highest BCUT2D eigenvalue weighted by molar-refractivity contribution is 6.10. The highest BCUT2D eigenvalue weighted by atomic mass is 15.1. The molecule has 0 fully saturated rings. The summed E-state index contributed by atoms with van der Waals surface area (Å²) in [7, 11) is 0. The highest BCUT2D eigenvalue weighted by Gasteiger charge is 2.35. The molecule has 0 aliphatic heterocycles. The van der Waals surface area contributed by atoms with E-state index >= 15 is 0 Å². The predicted molar refractivity (Wildman–Crippen MR) is 166 cm³/mol. The normalized spacial score (nSPS) is 13.3. The van der Waals surface area contributed by atoms with Gasteiger partial charge in [-0.25, -0.2) is 9.97 Å². The molecule has 0 spiro atoms. The third-order valence-corrected chi connectivity index (χ3v) is 8.45. The maximum atomic E-state index is 4.49. The van der Waals surface area contributed by atoms with Gasteiger partial charge in [0, 0.05) is 33.8 Å². The highest BCUT2D eigenvalue weighted by Crippen LogP contribution is 2.50. The number of hydrogen-bond donors (Lipinski definition) is 0. The van der Waals surface area contributed by atoms with Gasteiger partial charge in [-0.3, -0.25) is 4.98 Å². The molecule has 4 aromatic carbocycles. The lowest BCUT2D eigenvalue weighted by molar-refractivity contribution is 0.660. The lowest BCUT2D eigenvalue weighted by atomic mass is 9.82.